The summed E-state index contributed by atoms with van der Waals surface area (Å²) in [6, 6.07) is 26.0. The van der Waals surface area contributed by atoms with E-state index in [-0.39, 0.29) is 17.2 Å². The first kappa shape index (κ1) is 28.8. The Morgan fingerprint density at radius 1 is 0.976 bits per heavy atom. The number of benzene rings is 3. The highest BCUT2D eigenvalue weighted by Crippen LogP contribution is 2.48. The van der Waals surface area contributed by atoms with E-state index in [0.29, 0.717) is 24.4 Å². The van der Waals surface area contributed by atoms with Gasteiger partial charge >= 0.3 is 6.09 Å². The van der Waals surface area contributed by atoms with Gasteiger partial charge in [-0.1, -0.05) is 54.6 Å². The fraction of sp³-hybridized carbons (Fsp3) is 0.281. The van der Waals surface area contributed by atoms with E-state index < -0.39 is 13.7 Å². The molecule has 0 amide bonds. The Bertz CT molecular complexity index is 1700. The molecule has 0 saturated heterocycles. The van der Waals surface area contributed by atoms with Crippen LogP contribution in [0.3, 0.4) is 0 Å². The van der Waals surface area contributed by atoms with Crippen molar-refractivity contribution in [3.63, 3.8) is 0 Å². The van der Waals surface area contributed by atoms with Crippen LogP contribution in [0.25, 0.3) is 22.0 Å². The monoisotopic (exact) mass is 574 g/mol. The van der Waals surface area contributed by atoms with E-state index in [2.05, 4.69) is 36.4 Å². The Morgan fingerprint density at radius 2 is 1.63 bits per heavy atom. The number of carbonyl (C=O) groups is 1. The third-order valence-corrected chi connectivity index (χ3v) is 8.92. The van der Waals surface area contributed by atoms with Crippen molar-refractivity contribution in [2.45, 2.75) is 32.7 Å². The molecule has 214 valence electrons. The number of rotatable bonds is 7. The molecule has 0 bridgehead atoms. The molecule has 41 heavy (non-hydrogen) atoms. The fourth-order valence-electron chi connectivity index (χ4n) is 4.94. The Hall–Kier alpha value is -3.68. The molecule has 0 aliphatic carbocycles. The molecule has 0 atom stereocenters. The van der Waals surface area contributed by atoms with Gasteiger partial charge in [0.25, 0.3) is 7.57 Å². The van der Waals surface area contributed by atoms with Gasteiger partial charge in [-0.3, -0.25) is 0 Å². The third-order valence-electron chi connectivity index (χ3n) is 7.02. The van der Waals surface area contributed by atoms with E-state index in [1.54, 1.807) is 13.0 Å². The van der Waals surface area contributed by atoms with Crippen LogP contribution < -0.4 is 0 Å². The molecule has 1 aliphatic rings. The quantitative estimate of drug-likeness (QED) is 0.238. The van der Waals surface area contributed by atoms with Crippen molar-refractivity contribution in [3.8, 4) is 11.1 Å². The number of nitrogens with zero attached hydrogens (tertiary/aromatic N) is 2. The highest BCUT2D eigenvalue weighted by Gasteiger charge is 2.28. The first-order valence-electron chi connectivity index (χ1n) is 13.5. The van der Waals surface area contributed by atoms with E-state index in [4.69, 9.17) is 23.5 Å². The average molecular weight is 575 g/mol. The summed E-state index contributed by atoms with van der Waals surface area (Å²) >= 11 is 0. The van der Waals surface area contributed by atoms with Crippen LogP contribution in [-0.2, 0) is 24.9 Å². The number of aromatic nitrogens is 1. The van der Waals surface area contributed by atoms with Gasteiger partial charge in [0.1, 0.15) is 11.7 Å². The van der Waals surface area contributed by atoms with E-state index in [0.717, 1.165) is 33.2 Å². The van der Waals surface area contributed by atoms with Crippen LogP contribution in [0.5, 0.6) is 0 Å². The third kappa shape index (κ3) is 5.88. The summed E-state index contributed by atoms with van der Waals surface area (Å²) in [5.74, 6) is 0.555. The second-order valence-electron chi connectivity index (χ2n) is 10.4. The number of ether oxygens (including phenoxy) is 2. The molecule has 0 radical (unpaired) electrons. The van der Waals surface area contributed by atoms with Crippen molar-refractivity contribution in [1.29, 1.82) is 0 Å². The largest absolute Gasteiger partial charge is 0.475 e. The fourth-order valence-corrected chi connectivity index (χ4v) is 6.22. The average Bonchev–Trinajstić information content (AvgIpc) is 3.36. The minimum absolute atomic E-state index is 0.164. The van der Waals surface area contributed by atoms with Gasteiger partial charge in [0, 0.05) is 25.2 Å². The number of pyridine rings is 1. The normalized spacial score (nSPS) is 14.5. The predicted molar refractivity (Wildman–Crippen MR) is 162 cm³/mol. The van der Waals surface area contributed by atoms with Gasteiger partial charge in [-0.05, 0) is 73.7 Å². The van der Waals surface area contributed by atoms with Gasteiger partial charge < -0.3 is 23.4 Å². The van der Waals surface area contributed by atoms with Crippen LogP contribution in [0.1, 0.15) is 37.5 Å². The molecule has 0 saturated carbocycles. The van der Waals surface area contributed by atoms with Crippen molar-refractivity contribution in [2.75, 3.05) is 27.4 Å². The lowest BCUT2D eigenvalue weighted by molar-refractivity contribution is 0.154. The standard InChI is InChI=1S/C32H35N2O6P/c1-6-39-31(35)34-28-17-16-25(30-33-32(2,3)21-40-30)19-27(28)26(20-29(34)41(36,37-4)38-5)18-22-12-14-24(15-13-22)23-10-8-7-9-11-23/h7-17,19-20,36H,6,18,21H2,1-5H3. The lowest BCUT2D eigenvalue weighted by atomic mass is 9.97. The van der Waals surface area contributed by atoms with Crippen molar-refractivity contribution in [2.24, 2.45) is 4.99 Å². The highest BCUT2D eigenvalue weighted by molar-refractivity contribution is 7.52. The van der Waals surface area contributed by atoms with E-state index in [1.165, 1.54) is 18.8 Å². The molecule has 2 heterocycles. The van der Waals surface area contributed by atoms with Crippen molar-refractivity contribution >= 4 is 30.5 Å². The zero-order chi connectivity index (χ0) is 29.2. The van der Waals surface area contributed by atoms with Crippen molar-refractivity contribution in [1.82, 2.24) is 4.57 Å². The summed E-state index contributed by atoms with van der Waals surface area (Å²) in [5.41, 5.74) is 5.22. The van der Waals surface area contributed by atoms with Crippen LogP contribution in [0.4, 0.5) is 4.79 Å². The second-order valence-corrected chi connectivity index (χ2v) is 12.7. The molecule has 5 rings (SSSR count). The topological polar surface area (TPSA) is 91.5 Å². The van der Waals surface area contributed by atoms with Gasteiger partial charge in [0.05, 0.1) is 17.7 Å². The smallest absolute Gasteiger partial charge is 0.419 e. The summed E-state index contributed by atoms with van der Waals surface area (Å²) in [5, 5.41) is 0.994. The summed E-state index contributed by atoms with van der Waals surface area (Å²) in [6.45, 7) is 6.43. The summed E-state index contributed by atoms with van der Waals surface area (Å²) in [4.78, 5) is 29.4. The molecule has 0 spiro atoms. The molecule has 1 aliphatic heterocycles. The zero-order valence-electron chi connectivity index (χ0n) is 24.0. The molecule has 3 aromatic carbocycles. The number of hydrogen-bond acceptors (Lipinski definition) is 7. The number of hydrogen-bond donors (Lipinski definition) is 1. The lowest BCUT2D eigenvalue weighted by Crippen LogP contribution is -2.18. The number of aliphatic imine (C=N–C) groups is 1. The Morgan fingerprint density at radius 3 is 2.24 bits per heavy atom. The van der Waals surface area contributed by atoms with Crippen molar-refractivity contribution < 1.29 is 28.2 Å². The minimum Gasteiger partial charge on any atom is -0.475 e. The van der Waals surface area contributed by atoms with Gasteiger partial charge in [0.15, 0.2) is 0 Å². The SMILES string of the molecule is CCOC(=O)n1c(=P(O)(OC)OC)cc(Cc2ccc(-c3ccccc3)cc2)c2cc(C3=NC(C)(C)CO3)ccc21. The Kier molecular flexibility index (Phi) is 8.20. The maximum Gasteiger partial charge on any atom is 0.419 e. The first-order valence-corrected chi connectivity index (χ1v) is 15.1. The lowest BCUT2D eigenvalue weighted by Gasteiger charge is -2.21. The molecule has 9 heteroatoms. The summed E-state index contributed by atoms with van der Waals surface area (Å²) < 4.78 is 23.6. The molecule has 1 aromatic heterocycles. The van der Waals surface area contributed by atoms with Gasteiger partial charge in [-0.2, -0.15) is 0 Å². The molecular weight excluding hydrogens is 539 g/mol. The Labute approximate surface area is 240 Å². The molecule has 0 unspecified atom stereocenters. The van der Waals surface area contributed by atoms with E-state index in [1.807, 2.05) is 50.2 Å². The molecule has 8 nitrogen and oxygen atoms in total. The zero-order valence-corrected chi connectivity index (χ0v) is 24.9. The van der Waals surface area contributed by atoms with Crippen LogP contribution >= 0.6 is 7.57 Å². The molecule has 0 fully saturated rings. The van der Waals surface area contributed by atoms with E-state index >= 15 is 0 Å². The summed E-state index contributed by atoms with van der Waals surface area (Å²) in [6.07, 6.45) is -0.111. The van der Waals surface area contributed by atoms with Gasteiger partial charge in [0.2, 0.25) is 5.90 Å². The maximum atomic E-state index is 13.3. The van der Waals surface area contributed by atoms with Crippen LogP contribution in [0, 0.1) is 5.07 Å². The minimum atomic E-state index is -3.62. The number of fused-ring (bicyclic) bond motifs is 1. The highest BCUT2D eigenvalue weighted by atomic mass is 31.2. The molecule has 4 aromatic rings. The molecule has 1 N–H and O–H groups in total. The Balaban J connectivity index is 1.73. The van der Waals surface area contributed by atoms with Gasteiger partial charge in [-0.15, -0.1) is 0 Å². The van der Waals surface area contributed by atoms with Crippen LogP contribution in [-0.4, -0.2) is 54.4 Å². The summed E-state index contributed by atoms with van der Waals surface area (Å²) in [7, 11) is -0.898. The predicted octanol–water partition coefficient (Wildman–Crippen LogP) is 7.04. The maximum absolute atomic E-state index is 13.3. The van der Waals surface area contributed by atoms with E-state index in [9.17, 15) is 9.69 Å². The number of carbonyl (C=O) groups excluding carboxylic acids is 1. The van der Waals surface area contributed by atoms with Crippen LogP contribution in [0.15, 0.2) is 83.9 Å². The molecular formula is C32H35N2O6P. The van der Waals surface area contributed by atoms with Crippen molar-refractivity contribution in [3.05, 3.63) is 101 Å². The van der Waals surface area contributed by atoms with Crippen LogP contribution in [0.2, 0.25) is 0 Å². The second kappa shape index (κ2) is 11.7. The van der Waals surface area contributed by atoms with Gasteiger partial charge in [-0.25, -0.2) is 14.4 Å². The first-order chi connectivity index (χ1) is 19.7.